The molecule has 0 radical (unpaired) electrons. The van der Waals surface area contributed by atoms with Crippen molar-refractivity contribution in [2.75, 3.05) is 7.11 Å². The van der Waals surface area contributed by atoms with Gasteiger partial charge in [0.05, 0.1) is 7.11 Å². The zero-order chi connectivity index (χ0) is 14.0. The maximum Gasteiger partial charge on any atom is 0.129 e. The highest BCUT2D eigenvalue weighted by Crippen LogP contribution is 2.31. The molecule has 0 spiro atoms. The van der Waals surface area contributed by atoms with Gasteiger partial charge in [0.25, 0.3) is 0 Å². The van der Waals surface area contributed by atoms with E-state index in [1.165, 1.54) is 14.0 Å². The third-order valence-electron chi connectivity index (χ3n) is 3.01. The Morgan fingerprint density at radius 2 is 1.74 bits per heavy atom. The van der Waals surface area contributed by atoms with E-state index in [-0.39, 0.29) is 11.1 Å². The Hall–Kier alpha value is -1.94. The molecule has 0 aliphatic carbocycles. The minimum atomic E-state index is -1.27. The molecule has 0 fully saturated rings. The van der Waals surface area contributed by atoms with E-state index in [0.717, 1.165) is 12.1 Å². The maximum atomic E-state index is 13.8. The molecule has 2 nitrogen and oxygen atoms in total. The van der Waals surface area contributed by atoms with E-state index in [1.54, 1.807) is 24.3 Å². The first-order chi connectivity index (χ1) is 9.04. The van der Waals surface area contributed by atoms with Crippen LogP contribution in [0.4, 0.5) is 8.78 Å². The monoisotopic (exact) mass is 264 g/mol. The average Bonchev–Trinajstić information content (AvgIpc) is 2.42. The van der Waals surface area contributed by atoms with Crippen LogP contribution in [0, 0.1) is 18.6 Å². The van der Waals surface area contributed by atoms with Gasteiger partial charge in [-0.2, -0.15) is 0 Å². The van der Waals surface area contributed by atoms with Crippen LogP contribution in [0.3, 0.4) is 0 Å². The highest BCUT2D eigenvalue weighted by molar-refractivity contribution is 5.41. The number of ether oxygens (including phenoxy) is 1. The highest BCUT2D eigenvalue weighted by atomic mass is 19.1. The molecule has 4 heteroatoms. The largest absolute Gasteiger partial charge is 0.496 e. The first-order valence-corrected chi connectivity index (χ1v) is 5.81. The van der Waals surface area contributed by atoms with Gasteiger partial charge >= 0.3 is 0 Å². The standard InChI is InChI=1S/C15H14F2O2/c1-9-7-13(17)11(8-12(9)16)15(18)10-5-3-4-6-14(10)19-2/h3-8,15,18H,1-2H3. The van der Waals surface area contributed by atoms with Gasteiger partial charge in [-0.25, -0.2) is 8.78 Å². The molecule has 2 aromatic rings. The van der Waals surface area contributed by atoms with E-state index in [0.29, 0.717) is 11.3 Å². The predicted molar refractivity (Wildman–Crippen MR) is 68.2 cm³/mol. The third kappa shape index (κ3) is 2.58. The Morgan fingerprint density at radius 3 is 2.42 bits per heavy atom. The molecule has 19 heavy (non-hydrogen) atoms. The van der Waals surface area contributed by atoms with E-state index in [9.17, 15) is 13.9 Å². The SMILES string of the molecule is COc1ccccc1C(O)c1cc(F)c(C)cc1F. The Labute approximate surface area is 110 Å². The fourth-order valence-electron chi connectivity index (χ4n) is 1.93. The number of aliphatic hydroxyl groups is 1. The summed E-state index contributed by atoms with van der Waals surface area (Å²) in [6, 6.07) is 8.79. The summed E-state index contributed by atoms with van der Waals surface area (Å²) < 4.78 is 32.4. The van der Waals surface area contributed by atoms with Crippen molar-refractivity contribution in [1.82, 2.24) is 0 Å². The first-order valence-electron chi connectivity index (χ1n) is 5.81. The predicted octanol–water partition coefficient (Wildman–Crippen LogP) is 3.36. The van der Waals surface area contributed by atoms with Crippen LogP contribution in [0.25, 0.3) is 0 Å². The number of aliphatic hydroxyl groups excluding tert-OH is 1. The molecule has 0 aliphatic heterocycles. The van der Waals surface area contributed by atoms with Gasteiger partial charge in [0.15, 0.2) is 0 Å². The van der Waals surface area contributed by atoms with E-state index < -0.39 is 17.7 Å². The molecular weight excluding hydrogens is 250 g/mol. The van der Waals surface area contributed by atoms with Gasteiger partial charge in [0.2, 0.25) is 0 Å². The number of aryl methyl sites for hydroxylation is 1. The quantitative estimate of drug-likeness (QED) is 0.921. The van der Waals surface area contributed by atoms with Gasteiger partial charge in [-0.1, -0.05) is 18.2 Å². The van der Waals surface area contributed by atoms with Crippen molar-refractivity contribution in [2.45, 2.75) is 13.0 Å². The van der Waals surface area contributed by atoms with Crippen LogP contribution >= 0.6 is 0 Å². The number of methoxy groups -OCH3 is 1. The Bertz CT molecular complexity index is 597. The number of benzene rings is 2. The summed E-state index contributed by atoms with van der Waals surface area (Å²) in [7, 11) is 1.46. The van der Waals surface area contributed by atoms with Crippen molar-refractivity contribution < 1.29 is 18.6 Å². The molecule has 0 aliphatic rings. The summed E-state index contributed by atoms with van der Waals surface area (Å²) in [5.41, 5.74) is 0.494. The smallest absolute Gasteiger partial charge is 0.129 e. The van der Waals surface area contributed by atoms with Crippen LogP contribution < -0.4 is 4.74 Å². The molecule has 0 bridgehead atoms. The topological polar surface area (TPSA) is 29.5 Å². The lowest BCUT2D eigenvalue weighted by molar-refractivity contribution is 0.209. The summed E-state index contributed by atoms with van der Waals surface area (Å²) in [5, 5.41) is 10.2. The maximum absolute atomic E-state index is 13.8. The average molecular weight is 264 g/mol. The molecule has 0 saturated carbocycles. The van der Waals surface area contributed by atoms with Gasteiger partial charge < -0.3 is 9.84 Å². The number of halogens is 2. The van der Waals surface area contributed by atoms with Crippen LogP contribution in [0.15, 0.2) is 36.4 Å². The Morgan fingerprint density at radius 1 is 1.05 bits per heavy atom. The molecule has 1 atom stereocenters. The molecule has 0 amide bonds. The lowest BCUT2D eigenvalue weighted by atomic mass is 9.99. The van der Waals surface area contributed by atoms with E-state index >= 15 is 0 Å². The minimum Gasteiger partial charge on any atom is -0.496 e. The van der Waals surface area contributed by atoms with Crippen molar-refractivity contribution in [3.8, 4) is 5.75 Å². The lowest BCUT2D eigenvalue weighted by Crippen LogP contribution is -2.06. The van der Waals surface area contributed by atoms with Gasteiger partial charge in [-0.15, -0.1) is 0 Å². The summed E-state index contributed by atoms with van der Waals surface area (Å²) in [6.45, 7) is 1.47. The Balaban J connectivity index is 2.50. The normalized spacial score (nSPS) is 12.3. The second-order valence-electron chi connectivity index (χ2n) is 4.27. The summed E-state index contributed by atoms with van der Waals surface area (Å²) in [6.07, 6.45) is -1.27. The molecule has 1 unspecified atom stereocenters. The molecule has 0 saturated heterocycles. The van der Waals surface area contributed by atoms with Gasteiger partial charge in [-0.05, 0) is 30.7 Å². The van der Waals surface area contributed by atoms with Crippen LogP contribution in [-0.2, 0) is 0 Å². The van der Waals surface area contributed by atoms with Crippen molar-refractivity contribution in [1.29, 1.82) is 0 Å². The van der Waals surface area contributed by atoms with Crippen molar-refractivity contribution >= 4 is 0 Å². The third-order valence-corrected chi connectivity index (χ3v) is 3.01. The lowest BCUT2D eigenvalue weighted by Gasteiger charge is -2.16. The molecule has 2 aromatic carbocycles. The summed E-state index contributed by atoms with van der Waals surface area (Å²) in [5.74, 6) is -0.766. The molecular formula is C15H14F2O2. The van der Waals surface area contributed by atoms with E-state index in [4.69, 9.17) is 4.74 Å². The number of hydrogen-bond donors (Lipinski definition) is 1. The second kappa shape index (κ2) is 5.36. The number of hydrogen-bond acceptors (Lipinski definition) is 2. The molecule has 100 valence electrons. The molecule has 1 N–H and O–H groups in total. The van der Waals surface area contributed by atoms with Crippen molar-refractivity contribution in [3.05, 3.63) is 64.7 Å². The Kier molecular flexibility index (Phi) is 3.81. The van der Waals surface area contributed by atoms with Crippen LogP contribution in [0.2, 0.25) is 0 Å². The summed E-state index contributed by atoms with van der Waals surface area (Å²) >= 11 is 0. The zero-order valence-electron chi connectivity index (χ0n) is 10.7. The first kappa shape index (κ1) is 13.5. The van der Waals surface area contributed by atoms with Crippen LogP contribution in [0.1, 0.15) is 22.8 Å². The van der Waals surface area contributed by atoms with Crippen LogP contribution in [-0.4, -0.2) is 12.2 Å². The number of para-hydroxylation sites is 1. The van der Waals surface area contributed by atoms with Crippen molar-refractivity contribution in [2.24, 2.45) is 0 Å². The van der Waals surface area contributed by atoms with Gasteiger partial charge in [-0.3, -0.25) is 0 Å². The fraction of sp³-hybridized carbons (Fsp3) is 0.200. The van der Waals surface area contributed by atoms with E-state index in [2.05, 4.69) is 0 Å². The highest BCUT2D eigenvalue weighted by Gasteiger charge is 2.20. The molecule has 0 heterocycles. The minimum absolute atomic E-state index is 0.104. The second-order valence-corrected chi connectivity index (χ2v) is 4.27. The molecule has 2 rings (SSSR count). The van der Waals surface area contributed by atoms with Crippen molar-refractivity contribution in [3.63, 3.8) is 0 Å². The van der Waals surface area contributed by atoms with Gasteiger partial charge in [0.1, 0.15) is 23.5 Å². The van der Waals surface area contributed by atoms with E-state index in [1.807, 2.05) is 0 Å². The summed E-state index contributed by atoms with van der Waals surface area (Å²) in [4.78, 5) is 0. The van der Waals surface area contributed by atoms with Crippen LogP contribution in [0.5, 0.6) is 5.75 Å². The number of rotatable bonds is 3. The zero-order valence-corrected chi connectivity index (χ0v) is 10.7. The van der Waals surface area contributed by atoms with Gasteiger partial charge in [0, 0.05) is 11.1 Å². The fourth-order valence-corrected chi connectivity index (χ4v) is 1.93. The molecule has 0 aromatic heterocycles.